The van der Waals surface area contributed by atoms with Gasteiger partial charge in [0.25, 0.3) is 0 Å². The van der Waals surface area contributed by atoms with Gasteiger partial charge in [-0.15, -0.1) is 6.20 Å². The van der Waals surface area contributed by atoms with E-state index in [1.807, 2.05) is 6.92 Å². The molecule has 129 valence electrons. The number of nitrogen functional groups attached to an aromatic ring is 1. The van der Waals surface area contributed by atoms with Crippen molar-refractivity contribution < 1.29 is 41.1 Å². The molecule has 0 unspecified atom stereocenters. The van der Waals surface area contributed by atoms with Gasteiger partial charge in [0, 0.05) is 56.7 Å². The van der Waals surface area contributed by atoms with E-state index in [1.54, 1.807) is 18.2 Å². The zero-order valence-electron chi connectivity index (χ0n) is 13.8. The van der Waals surface area contributed by atoms with Gasteiger partial charge in [-0.25, -0.2) is 13.1 Å². The summed E-state index contributed by atoms with van der Waals surface area (Å²) in [5.74, 6) is 0.203. The van der Waals surface area contributed by atoms with Crippen LogP contribution in [0, 0.1) is 13.1 Å². The standard InChI is InChI=1S/C16H18N5O2S.Y/c1-10-2-3-12(4-13(10)14-7-19-15(17)8-18-14)24(22,23)21-16-5-11(6-16)20-9-16;/h2-4,7,11,20-21H,5-6,9H2,1H3,(H2,17,19);/q-1;. The number of fused-ring (bicyclic) bond motifs is 1. The molecule has 2 saturated heterocycles. The van der Waals surface area contributed by atoms with Crippen LogP contribution in [0.1, 0.15) is 18.4 Å². The molecular weight excluding hydrogens is 415 g/mol. The first kappa shape index (κ1) is 18.9. The predicted octanol–water partition coefficient (Wildman–Crippen LogP) is 0.615. The Morgan fingerprint density at radius 3 is 2.76 bits per heavy atom. The van der Waals surface area contributed by atoms with Gasteiger partial charge in [-0.2, -0.15) is 0 Å². The summed E-state index contributed by atoms with van der Waals surface area (Å²) in [6.45, 7) is 2.58. The van der Waals surface area contributed by atoms with Crippen LogP contribution in [0.5, 0.6) is 0 Å². The SMILES string of the molecule is Cc1ccc(S(=O)(=O)NC23CNC(C2)C3)cc1-c1cnc(N)[c-]n1.[Y]. The third-order valence-electron chi connectivity index (χ3n) is 4.77. The summed E-state index contributed by atoms with van der Waals surface area (Å²) >= 11 is 0. The Morgan fingerprint density at radius 1 is 1.40 bits per heavy atom. The Labute approximate surface area is 172 Å². The van der Waals surface area contributed by atoms with Gasteiger partial charge in [0.05, 0.1) is 4.90 Å². The molecule has 3 fully saturated rings. The number of rotatable bonds is 4. The smallest absolute Gasteiger partial charge is 0.241 e. The summed E-state index contributed by atoms with van der Waals surface area (Å²) in [7, 11) is -3.59. The van der Waals surface area contributed by atoms with Crippen molar-refractivity contribution in [2.24, 2.45) is 0 Å². The minimum absolute atomic E-state index is 0. The van der Waals surface area contributed by atoms with E-state index in [1.165, 1.54) is 6.20 Å². The molecule has 1 aliphatic carbocycles. The average molecular weight is 433 g/mol. The van der Waals surface area contributed by atoms with Gasteiger partial charge in [0.2, 0.25) is 10.0 Å². The van der Waals surface area contributed by atoms with Crippen molar-refractivity contribution in [2.45, 2.75) is 36.2 Å². The molecule has 2 aromatic rings. The third kappa shape index (κ3) is 3.50. The van der Waals surface area contributed by atoms with Crippen LogP contribution in [0.2, 0.25) is 0 Å². The van der Waals surface area contributed by atoms with Crippen LogP contribution in [0.4, 0.5) is 5.82 Å². The molecule has 3 aliphatic rings. The molecule has 0 atom stereocenters. The first-order valence-electron chi connectivity index (χ1n) is 7.76. The summed E-state index contributed by atoms with van der Waals surface area (Å²) in [5.41, 5.74) is 7.34. The molecule has 2 bridgehead atoms. The van der Waals surface area contributed by atoms with Gasteiger partial charge in [0.1, 0.15) is 0 Å². The largest absolute Gasteiger partial charge is 0.446 e. The number of anilines is 1. The minimum atomic E-state index is -3.59. The first-order chi connectivity index (χ1) is 11.4. The van der Waals surface area contributed by atoms with Crippen molar-refractivity contribution >= 4 is 15.8 Å². The quantitative estimate of drug-likeness (QED) is 0.610. The molecule has 2 aliphatic heterocycles. The second-order valence-electron chi connectivity index (χ2n) is 6.60. The summed E-state index contributed by atoms with van der Waals surface area (Å²) in [6.07, 6.45) is 5.82. The summed E-state index contributed by atoms with van der Waals surface area (Å²) < 4.78 is 28.4. The Balaban J connectivity index is 0.00000182. The molecule has 5 rings (SSSR count). The number of hydrogen-bond acceptors (Lipinski definition) is 6. The monoisotopic (exact) mass is 433 g/mol. The van der Waals surface area contributed by atoms with Crippen LogP contribution in [0.3, 0.4) is 0 Å². The van der Waals surface area contributed by atoms with Crippen molar-refractivity contribution in [3.63, 3.8) is 0 Å². The number of nitrogens with one attached hydrogen (secondary N) is 2. The molecule has 7 nitrogen and oxygen atoms in total. The van der Waals surface area contributed by atoms with E-state index in [0.29, 0.717) is 23.8 Å². The Morgan fingerprint density at radius 2 is 2.16 bits per heavy atom. The molecule has 4 N–H and O–H groups in total. The maximum absolute atomic E-state index is 12.8. The maximum atomic E-state index is 12.8. The van der Waals surface area contributed by atoms with E-state index >= 15 is 0 Å². The Hall–Kier alpha value is -0.926. The predicted molar refractivity (Wildman–Crippen MR) is 89.5 cm³/mol. The van der Waals surface area contributed by atoms with Crippen LogP contribution in [-0.2, 0) is 42.7 Å². The van der Waals surface area contributed by atoms with Gasteiger partial charge in [-0.3, -0.25) is 4.98 Å². The number of nitrogens with zero attached hydrogens (tertiary/aromatic N) is 2. The van der Waals surface area contributed by atoms with E-state index in [9.17, 15) is 8.42 Å². The molecule has 3 heterocycles. The minimum Gasteiger partial charge on any atom is -0.446 e. The Kier molecular flexibility index (Phi) is 5.03. The first-order valence-corrected chi connectivity index (χ1v) is 9.24. The fourth-order valence-electron chi connectivity index (χ4n) is 3.46. The normalized spacial score (nSPS) is 24.4. The van der Waals surface area contributed by atoms with Crippen molar-refractivity contribution in [3.05, 3.63) is 36.2 Å². The number of aryl methyl sites for hydroxylation is 1. The van der Waals surface area contributed by atoms with Gasteiger partial charge in [0.15, 0.2) is 0 Å². The number of benzene rings is 1. The van der Waals surface area contributed by atoms with E-state index < -0.39 is 10.0 Å². The summed E-state index contributed by atoms with van der Waals surface area (Å²) in [4.78, 5) is 8.32. The third-order valence-corrected chi connectivity index (χ3v) is 6.34. The van der Waals surface area contributed by atoms with E-state index in [2.05, 4.69) is 26.2 Å². The number of hydrogen-bond donors (Lipinski definition) is 3. The topological polar surface area (TPSA) is 110 Å². The van der Waals surface area contributed by atoms with Gasteiger partial charge in [-0.05, 0) is 32.0 Å². The number of aromatic nitrogens is 2. The summed E-state index contributed by atoms with van der Waals surface area (Å²) in [6, 6.07) is 5.46. The summed E-state index contributed by atoms with van der Waals surface area (Å²) in [5, 5.41) is 3.30. The zero-order chi connectivity index (χ0) is 16.9. The van der Waals surface area contributed by atoms with Crippen molar-refractivity contribution in [1.82, 2.24) is 20.0 Å². The van der Waals surface area contributed by atoms with Crippen LogP contribution in [-0.4, -0.2) is 36.5 Å². The maximum Gasteiger partial charge on any atom is 0.241 e. The molecule has 0 spiro atoms. The molecule has 1 saturated carbocycles. The molecule has 25 heavy (non-hydrogen) atoms. The molecule has 1 radical (unpaired) electrons. The van der Waals surface area contributed by atoms with Crippen LogP contribution < -0.4 is 15.8 Å². The Bertz CT molecular complexity index is 890. The van der Waals surface area contributed by atoms with Crippen molar-refractivity contribution in [2.75, 3.05) is 12.3 Å². The van der Waals surface area contributed by atoms with Crippen LogP contribution in [0.15, 0.2) is 29.3 Å². The molecule has 1 aromatic heterocycles. The fraction of sp³-hybridized carbons (Fsp3) is 0.375. The van der Waals surface area contributed by atoms with Crippen molar-refractivity contribution in [1.29, 1.82) is 0 Å². The van der Waals surface area contributed by atoms with Crippen LogP contribution >= 0.6 is 0 Å². The van der Waals surface area contributed by atoms with Gasteiger partial charge < -0.3 is 16.0 Å². The average Bonchev–Trinajstić information content (AvgIpc) is 3.08. The van der Waals surface area contributed by atoms with E-state index in [4.69, 9.17) is 5.73 Å². The molecular formula is C16H18N5O2SY-. The molecule has 0 amide bonds. The van der Waals surface area contributed by atoms with E-state index in [0.717, 1.165) is 18.4 Å². The van der Waals surface area contributed by atoms with Crippen LogP contribution in [0.25, 0.3) is 11.3 Å². The molecule has 9 heteroatoms. The van der Waals surface area contributed by atoms with Gasteiger partial charge >= 0.3 is 0 Å². The second kappa shape index (κ2) is 6.66. The molecule has 1 aromatic carbocycles. The fourth-order valence-corrected chi connectivity index (χ4v) is 4.90. The van der Waals surface area contributed by atoms with E-state index in [-0.39, 0.29) is 49.0 Å². The number of nitrogens with two attached hydrogens (primary N) is 1. The van der Waals surface area contributed by atoms with Gasteiger partial charge in [-0.1, -0.05) is 29.0 Å². The second-order valence-corrected chi connectivity index (χ2v) is 8.28. The van der Waals surface area contributed by atoms with Crippen molar-refractivity contribution in [3.8, 4) is 11.3 Å². The zero-order valence-corrected chi connectivity index (χ0v) is 17.4. The number of sulfonamides is 1.